The molecule has 6 heterocycles. The first-order chi connectivity index (χ1) is 27.0. The number of aliphatic imine (C=N–C) groups is 1. The van der Waals surface area contributed by atoms with Crippen molar-refractivity contribution in [1.29, 1.82) is 0 Å². The Balaban J connectivity index is 0.866. The third-order valence-corrected chi connectivity index (χ3v) is 12.4. The summed E-state index contributed by atoms with van der Waals surface area (Å²) in [5, 5.41) is 27.4. The van der Waals surface area contributed by atoms with E-state index in [0.717, 1.165) is 50.0 Å². The molecule has 0 radical (unpaired) electrons. The van der Waals surface area contributed by atoms with Gasteiger partial charge in [-0.1, -0.05) is 35.9 Å². The monoisotopic (exact) mass is 778 g/mol. The van der Waals surface area contributed by atoms with Gasteiger partial charge >= 0.3 is 0 Å². The molecule has 0 bridgehead atoms. The zero-order chi connectivity index (χ0) is 39.2. The molecule has 2 aromatic heterocycles. The zero-order valence-electron chi connectivity index (χ0n) is 32.0. The molecular weight excluding hydrogens is 733 g/mol. The minimum absolute atomic E-state index is 0.0308. The van der Waals surface area contributed by atoms with E-state index < -0.39 is 18.3 Å². The average Bonchev–Trinajstić information content (AvgIpc) is 3.79. The number of nitrogens with zero attached hydrogens (tertiary/aromatic N) is 7. The number of rotatable bonds is 9. The van der Waals surface area contributed by atoms with Crippen LogP contribution >= 0.6 is 11.3 Å². The Hall–Kier alpha value is -5.45. The number of aliphatic hydroxyl groups excluding tert-OH is 1. The van der Waals surface area contributed by atoms with Crippen LogP contribution in [-0.4, -0.2) is 109 Å². The molecule has 4 aromatic rings. The van der Waals surface area contributed by atoms with E-state index in [0.29, 0.717) is 57.0 Å². The lowest BCUT2D eigenvalue weighted by molar-refractivity contribution is -0.135. The Labute approximate surface area is 328 Å². The normalized spacial score (nSPS) is 20.8. The van der Waals surface area contributed by atoms with Gasteiger partial charge in [0.1, 0.15) is 29.1 Å². The minimum atomic E-state index is -0.891. The van der Waals surface area contributed by atoms with Gasteiger partial charge in [-0.2, -0.15) is 0 Å². The largest absolute Gasteiger partial charge is 0.384 e. The first kappa shape index (κ1) is 37.5. The van der Waals surface area contributed by atoms with Crippen LogP contribution in [0.15, 0.2) is 47.5 Å². The van der Waals surface area contributed by atoms with Crippen LogP contribution in [0, 0.1) is 27.7 Å². The summed E-state index contributed by atoms with van der Waals surface area (Å²) < 4.78 is 2.06. The molecule has 292 valence electrons. The van der Waals surface area contributed by atoms with Gasteiger partial charge in [0.2, 0.25) is 17.7 Å². The second-order valence-electron chi connectivity index (χ2n) is 14.9. The summed E-state index contributed by atoms with van der Waals surface area (Å²) >= 11 is 1.69. The molecule has 0 saturated carbocycles. The highest BCUT2D eigenvalue weighted by molar-refractivity contribution is 7.15. The van der Waals surface area contributed by atoms with Crippen molar-refractivity contribution in [1.82, 2.24) is 40.3 Å². The fourth-order valence-corrected chi connectivity index (χ4v) is 9.20. The van der Waals surface area contributed by atoms with Crippen LogP contribution in [0.2, 0.25) is 0 Å². The Morgan fingerprint density at radius 3 is 2.50 bits per heavy atom. The van der Waals surface area contributed by atoms with Crippen molar-refractivity contribution in [2.75, 3.05) is 38.0 Å². The van der Waals surface area contributed by atoms with Crippen LogP contribution in [0.25, 0.3) is 5.00 Å². The summed E-state index contributed by atoms with van der Waals surface area (Å²) in [7, 11) is 0. The standard InChI is InChI=1S/C40H46N10O5S/c1-22-8-10-26(11-9-22)36-35-23(2)24(3)56-40(35)50-25(4)44-45-37(50)30(42-36)20-34(53)47-16-18-48(19-17-47)46-33(52)14-15-41-29-7-5-6-27-28(29)21-49(39(27)55)31-12-13-32(51)43-38(31)54/h5-11,30-32,41,51H,12-21H2,1-4H3,(H,43,54)(H,46,52)/t30-,31?,32?/m0/s1. The number of hydrazine groups is 1. The smallest absolute Gasteiger partial charge is 0.255 e. The number of amides is 4. The predicted octanol–water partition coefficient (Wildman–Crippen LogP) is 3.08. The van der Waals surface area contributed by atoms with E-state index in [1.165, 1.54) is 4.88 Å². The highest BCUT2D eigenvalue weighted by Crippen LogP contribution is 2.40. The maximum absolute atomic E-state index is 13.9. The Morgan fingerprint density at radius 2 is 1.75 bits per heavy atom. The molecule has 56 heavy (non-hydrogen) atoms. The minimum Gasteiger partial charge on any atom is -0.384 e. The fraction of sp³-hybridized carbons (Fsp3) is 0.425. The van der Waals surface area contributed by atoms with Gasteiger partial charge in [0.05, 0.1) is 12.1 Å². The van der Waals surface area contributed by atoms with Gasteiger partial charge < -0.3 is 25.5 Å². The Kier molecular flexibility index (Phi) is 10.2. The van der Waals surface area contributed by atoms with Crippen molar-refractivity contribution in [2.24, 2.45) is 4.99 Å². The molecule has 2 saturated heterocycles. The number of hydrogen-bond acceptors (Lipinski definition) is 11. The lowest BCUT2D eigenvalue weighted by Crippen LogP contribution is -2.55. The molecule has 4 aliphatic heterocycles. The quantitative estimate of drug-likeness (QED) is 0.199. The first-order valence-corrected chi connectivity index (χ1v) is 19.9. The van der Waals surface area contributed by atoms with Gasteiger partial charge in [-0.15, -0.1) is 21.5 Å². The van der Waals surface area contributed by atoms with Gasteiger partial charge in [-0.3, -0.25) is 34.2 Å². The summed E-state index contributed by atoms with van der Waals surface area (Å²) in [6.07, 6.45) is 0.216. The number of nitrogens with one attached hydrogen (secondary N) is 3. The van der Waals surface area contributed by atoms with Crippen molar-refractivity contribution >= 4 is 46.4 Å². The molecular formula is C40H46N10O5S. The summed E-state index contributed by atoms with van der Waals surface area (Å²) in [6.45, 7) is 10.7. The van der Waals surface area contributed by atoms with Crippen molar-refractivity contribution < 1.29 is 24.3 Å². The predicted molar refractivity (Wildman–Crippen MR) is 211 cm³/mol. The van der Waals surface area contributed by atoms with Crippen molar-refractivity contribution in [3.05, 3.63) is 92.4 Å². The lowest BCUT2D eigenvalue weighted by Gasteiger charge is -2.35. The molecule has 0 spiro atoms. The SMILES string of the molecule is Cc1ccc(C2=N[C@@H](CC(=O)N3CCN(NC(=O)CCNc4cccc5c4CN(C4CCC(O)NC4=O)C5=O)CC3)c3nnc(C)n3-c3sc(C)c(C)c32)cc1. The van der Waals surface area contributed by atoms with E-state index in [-0.39, 0.29) is 43.0 Å². The molecule has 15 nitrogen and oxygen atoms in total. The van der Waals surface area contributed by atoms with Crippen LogP contribution in [0.3, 0.4) is 0 Å². The maximum Gasteiger partial charge on any atom is 0.255 e. The van der Waals surface area contributed by atoms with Crippen molar-refractivity contribution in [3.8, 4) is 5.00 Å². The number of piperazine rings is 1. The molecule has 4 aliphatic rings. The number of carbonyl (C=O) groups is 4. The van der Waals surface area contributed by atoms with Crippen LogP contribution in [0.5, 0.6) is 0 Å². The highest BCUT2D eigenvalue weighted by Gasteiger charge is 2.40. The topological polar surface area (TPSA) is 177 Å². The van der Waals surface area contributed by atoms with Gasteiger partial charge in [-0.05, 0) is 58.2 Å². The summed E-state index contributed by atoms with van der Waals surface area (Å²) in [5.41, 5.74) is 10.3. The second kappa shape index (κ2) is 15.2. The molecule has 4 N–H and O–H groups in total. The molecule has 16 heteroatoms. The van der Waals surface area contributed by atoms with E-state index in [9.17, 15) is 24.3 Å². The molecule has 2 fully saturated rings. The van der Waals surface area contributed by atoms with E-state index >= 15 is 0 Å². The Bertz CT molecular complexity index is 2240. The summed E-state index contributed by atoms with van der Waals surface area (Å²) in [4.78, 5) is 62.4. The lowest BCUT2D eigenvalue weighted by atomic mass is 9.99. The van der Waals surface area contributed by atoms with Gasteiger partial charge in [0.15, 0.2) is 5.82 Å². The van der Waals surface area contributed by atoms with Crippen LogP contribution in [0.4, 0.5) is 5.69 Å². The van der Waals surface area contributed by atoms with Crippen LogP contribution in [0.1, 0.15) is 86.4 Å². The third kappa shape index (κ3) is 7.08. The van der Waals surface area contributed by atoms with Crippen molar-refractivity contribution in [2.45, 2.75) is 78.2 Å². The number of hydrogen-bond donors (Lipinski definition) is 4. The molecule has 4 amide bonds. The highest BCUT2D eigenvalue weighted by atomic mass is 32.1. The van der Waals surface area contributed by atoms with Crippen molar-refractivity contribution in [3.63, 3.8) is 0 Å². The van der Waals surface area contributed by atoms with E-state index in [4.69, 9.17) is 4.99 Å². The number of anilines is 1. The first-order valence-electron chi connectivity index (χ1n) is 19.1. The number of aliphatic hydroxyl groups is 1. The van der Waals surface area contributed by atoms with Gasteiger partial charge in [0.25, 0.3) is 5.91 Å². The van der Waals surface area contributed by atoms with Gasteiger partial charge in [0, 0.05) is 78.5 Å². The van der Waals surface area contributed by atoms with Crippen LogP contribution in [-0.2, 0) is 20.9 Å². The Morgan fingerprint density at radius 1 is 0.982 bits per heavy atom. The van der Waals surface area contributed by atoms with E-state index in [1.54, 1.807) is 28.4 Å². The number of benzene rings is 2. The number of fused-ring (bicyclic) bond motifs is 4. The summed E-state index contributed by atoms with van der Waals surface area (Å²) in [5.74, 6) is 0.639. The molecule has 2 aromatic carbocycles. The number of piperidine rings is 1. The number of carbonyl (C=O) groups excluding carboxylic acids is 4. The molecule has 2 unspecified atom stereocenters. The molecule has 8 rings (SSSR count). The average molecular weight is 779 g/mol. The number of thiophene rings is 1. The van der Waals surface area contributed by atoms with Gasteiger partial charge in [-0.25, -0.2) is 5.01 Å². The zero-order valence-corrected chi connectivity index (χ0v) is 32.8. The number of aryl methyl sites for hydroxylation is 3. The maximum atomic E-state index is 13.9. The molecule has 3 atom stereocenters. The number of aromatic nitrogens is 3. The van der Waals surface area contributed by atoms with E-state index in [2.05, 4.69) is 75.9 Å². The summed E-state index contributed by atoms with van der Waals surface area (Å²) in [6, 6.07) is 12.6. The third-order valence-electron chi connectivity index (χ3n) is 11.2. The van der Waals surface area contributed by atoms with Crippen LogP contribution < -0.4 is 16.1 Å². The van der Waals surface area contributed by atoms with E-state index in [1.807, 2.05) is 22.9 Å². The molecule has 0 aliphatic carbocycles. The second-order valence-corrected chi connectivity index (χ2v) is 16.1. The fourth-order valence-electron chi connectivity index (χ4n) is 7.99.